The molecule has 0 aliphatic carbocycles. The number of benzene rings is 2. The maximum Gasteiger partial charge on any atom is 0.160 e. The van der Waals surface area contributed by atoms with Gasteiger partial charge in [0, 0.05) is 0 Å². The highest BCUT2D eigenvalue weighted by Gasteiger charge is 2.23. The zero-order valence-electron chi connectivity index (χ0n) is 11.7. The first-order valence-corrected chi connectivity index (χ1v) is 8.66. The third-order valence-electron chi connectivity index (χ3n) is 3.32. The van der Waals surface area contributed by atoms with E-state index in [1.165, 1.54) is 0 Å². The molecule has 116 valence electrons. The van der Waals surface area contributed by atoms with E-state index in [9.17, 15) is 15.0 Å². The van der Waals surface area contributed by atoms with Crippen LogP contribution in [-0.2, 0) is 17.6 Å². The highest BCUT2D eigenvalue weighted by molar-refractivity contribution is 9.10. The monoisotopic (exact) mass is 426 g/mol. The Labute approximate surface area is 146 Å². The van der Waals surface area contributed by atoms with Gasteiger partial charge in [-0.2, -0.15) is 0 Å². The van der Waals surface area contributed by atoms with Gasteiger partial charge in [-0.05, 0) is 48.2 Å². The molecule has 3 nitrogen and oxygen atoms in total. The standard InChI is InChI=1S/C17H16Br2O3/c18-15(9-11-1-5-13(20)6-2-11)17(22)16(19)10-12-3-7-14(21)8-4-12/h1-8,15-16,20-21H,9-10H2. The summed E-state index contributed by atoms with van der Waals surface area (Å²) < 4.78 is 0. The number of phenolic OH excluding ortho intramolecular Hbond substituents is 2. The Balaban J connectivity index is 1.94. The molecule has 2 rings (SSSR count). The van der Waals surface area contributed by atoms with Gasteiger partial charge in [0.05, 0.1) is 9.65 Å². The molecule has 2 unspecified atom stereocenters. The molecule has 2 atom stereocenters. The van der Waals surface area contributed by atoms with E-state index in [-0.39, 0.29) is 26.9 Å². The zero-order chi connectivity index (χ0) is 16.1. The summed E-state index contributed by atoms with van der Waals surface area (Å²) in [5.74, 6) is 0.500. The van der Waals surface area contributed by atoms with Crippen molar-refractivity contribution in [3.63, 3.8) is 0 Å². The lowest BCUT2D eigenvalue weighted by Crippen LogP contribution is -2.27. The number of alkyl halides is 2. The van der Waals surface area contributed by atoms with Crippen LogP contribution in [0.3, 0.4) is 0 Å². The normalized spacial score (nSPS) is 13.5. The maximum absolute atomic E-state index is 12.4. The van der Waals surface area contributed by atoms with Gasteiger partial charge < -0.3 is 10.2 Å². The third-order valence-corrected chi connectivity index (χ3v) is 4.87. The molecule has 0 aliphatic rings. The first-order valence-electron chi connectivity index (χ1n) is 6.83. The Hall–Kier alpha value is -1.33. The second-order valence-electron chi connectivity index (χ2n) is 5.08. The van der Waals surface area contributed by atoms with Crippen molar-refractivity contribution in [3.05, 3.63) is 59.7 Å². The largest absolute Gasteiger partial charge is 0.508 e. The quantitative estimate of drug-likeness (QED) is 0.685. The van der Waals surface area contributed by atoms with Gasteiger partial charge in [0.25, 0.3) is 0 Å². The van der Waals surface area contributed by atoms with Gasteiger partial charge in [0.15, 0.2) is 5.78 Å². The Morgan fingerprint density at radius 3 is 1.41 bits per heavy atom. The molecule has 0 amide bonds. The predicted octanol–water partition coefficient (Wildman–Crippen LogP) is 3.98. The molecule has 22 heavy (non-hydrogen) atoms. The Bertz CT molecular complexity index is 568. The van der Waals surface area contributed by atoms with Crippen molar-refractivity contribution in [1.82, 2.24) is 0 Å². The van der Waals surface area contributed by atoms with Crippen LogP contribution in [0.5, 0.6) is 11.5 Å². The fourth-order valence-corrected chi connectivity index (χ4v) is 3.82. The smallest absolute Gasteiger partial charge is 0.160 e. The molecular formula is C17H16Br2O3. The summed E-state index contributed by atoms with van der Waals surface area (Å²) in [4.78, 5) is 11.8. The summed E-state index contributed by atoms with van der Waals surface area (Å²) in [6, 6.07) is 13.7. The molecule has 0 heterocycles. The van der Waals surface area contributed by atoms with E-state index in [1.807, 2.05) is 0 Å². The van der Waals surface area contributed by atoms with Gasteiger partial charge in [0.1, 0.15) is 11.5 Å². The van der Waals surface area contributed by atoms with Crippen LogP contribution in [0.4, 0.5) is 0 Å². The van der Waals surface area contributed by atoms with E-state index in [0.29, 0.717) is 12.8 Å². The molecule has 0 spiro atoms. The van der Waals surface area contributed by atoms with Crippen molar-refractivity contribution in [3.8, 4) is 11.5 Å². The fourth-order valence-electron chi connectivity index (χ4n) is 2.08. The minimum atomic E-state index is -0.293. The molecule has 0 radical (unpaired) electrons. The Kier molecular flexibility index (Phi) is 6.03. The van der Waals surface area contributed by atoms with Gasteiger partial charge in [-0.3, -0.25) is 4.79 Å². The van der Waals surface area contributed by atoms with Crippen molar-refractivity contribution in [2.75, 3.05) is 0 Å². The number of carbonyl (C=O) groups is 1. The molecule has 0 bridgehead atoms. The van der Waals surface area contributed by atoms with Crippen LogP contribution < -0.4 is 0 Å². The highest BCUT2D eigenvalue weighted by atomic mass is 79.9. The van der Waals surface area contributed by atoms with Crippen LogP contribution >= 0.6 is 31.9 Å². The molecule has 0 aromatic heterocycles. The molecule has 2 aromatic rings. The number of rotatable bonds is 6. The maximum atomic E-state index is 12.4. The third kappa shape index (κ3) is 4.85. The topological polar surface area (TPSA) is 57.5 Å². The average molecular weight is 428 g/mol. The predicted molar refractivity (Wildman–Crippen MR) is 94.1 cm³/mol. The summed E-state index contributed by atoms with van der Waals surface area (Å²) in [6.45, 7) is 0. The van der Waals surface area contributed by atoms with E-state index in [2.05, 4.69) is 31.9 Å². The van der Waals surface area contributed by atoms with Crippen molar-refractivity contribution in [2.24, 2.45) is 0 Å². The second kappa shape index (κ2) is 7.79. The lowest BCUT2D eigenvalue weighted by molar-refractivity contribution is -0.117. The minimum absolute atomic E-state index is 0.0705. The number of Topliss-reactive ketones (excluding diaryl/α,β-unsaturated/α-hetero) is 1. The Morgan fingerprint density at radius 2 is 1.09 bits per heavy atom. The van der Waals surface area contributed by atoms with Crippen LogP contribution in [0, 0.1) is 0 Å². The lowest BCUT2D eigenvalue weighted by atomic mass is 10.0. The number of phenols is 2. The summed E-state index contributed by atoms with van der Waals surface area (Å²) in [7, 11) is 0. The van der Waals surface area contributed by atoms with Crippen LogP contribution in [-0.4, -0.2) is 25.7 Å². The molecule has 2 N–H and O–H groups in total. The highest BCUT2D eigenvalue weighted by Crippen LogP contribution is 2.21. The first kappa shape index (κ1) is 17.0. The number of hydrogen-bond acceptors (Lipinski definition) is 3. The number of halogens is 2. The average Bonchev–Trinajstić information content (AvgIpc) is 2.51. The van der Waals surface area contributed by atoms with Crippen LogP contribution in [0.25, 0.3) is 0 Å². The van der Waals surface area contributed by atoms with E-state index in [4.69, 9.17) is 0 Å². The van der Waals surface area contributed by atoms with Crippen molar-refractivity contribution >= 4 is 37.6 Å². The lowest BCUT2D eigenvalue weighted by Gasteiger charge is -2.14. The second-order valence-corrected chi connectivity index (χ2v) is 7.29. The summed E-state index contributed by atoms with van der Waals surface area (Å²) in [5.41, 5.74) is 1.97. The van der Waals surface area contributed by atoms with E-state index in [1.54, 1.807) is 48.5 Å². The molecule has 0 saturated carbocycles. The minimum Gasteiger partial charge on any atom is -0.508 e. The number of hydrogen-bond donors (Lipinski definition) is 2. The van der Waals surface area contributed by atoms with Gasteiger partial charge in [-0.15, -0.1) is 0 Å². The van der Waals surface area contributed by atoms with Gasteiger partial charge in [-0.1, -0.05) is 56.1 Å². The summed E-state index contributed by atoms with van der Waals surface area (Å²) >= 11 is 6.88. The molecule has 5 heteroatoms. The van der Waals surface area contributed by atoms with Crippen LogP contribution in [0.15, 0.2) is 48.5 Å². The summed E-state index contributed by atoms with van der Waals surface area (Å²) in [6.07, 6.45) is 1.13. The van der Waals surface area contributed by atoms with E-state index >= 15 is 0 Å². The molecule has 0 aliphatic heterocycles. The van der Waals surface area contributed by atoms with Crippen molar-refractivity contribution < 1.29 is 15.0 Å². The number of aromatic hydroxyl groups is 2. The van der Waals surface area contributed by atoms with E-state index < -0.39 is 0 Å². The van der Waals surface area contributed by atoms with Crippen LogP contribution in [0.1, 0.15) is 11.1 Å². The van der Waals surface area contributed by atoms with Gasteiger partial charge in [0.2, 0.25) is 0 Å². The molecule has 0 fully saturated rings. The molecular weight excluding hydrogens is 412 g/mol. The first-order chi connectivity index (χ1) is 10.5. The number of ketones is 1. The summed E-state index contributed by atoms with van der Waals surface area (Å²) in [5, 5.41) is 18.5. The van der Waals surface area contributed by atoms with Crippen molar-refractivity contribution in [1.29, 1.82) is 0 Å². The molecule has 2 aromatic carbocycles. The number of carbonyl (C=O) groups excluding carboxylic acids is 1. The van der Waals surface area contributed by atoms with Gasteiger partial charge in [-0.25, -0.2) is 0 Å². The fraction of sp³-hybridized carbons (Fsp3) is 0.235. The Morgan fingerprint density at radius 1 is 0.773 bits per heavy atom. The van der Waals surface area contributed by atoms with Crippen molar-refractivity contribution in [2.45, 2.75) is 22.5 Å². The SMILES string of the molecule is O=C(C(Br)Cc1ccc(O)cc1)C(Br)Cc1ccc(O)cc1. The molecule has 0 saturated heterocycles. The van der Waals surface area contributed by atoms with E-state index in [0.717, 1.165) is 11.1 Å². The van der Waals surface area contributed by atoms with Gasteiger partial charge >= 0.3 is 0 Å². The zero-order valence-corrected chi connectivity index (χ0v) is 14.9. The van der Waals surface area contributed by atoms with Crippen LogP contribution in [0.2, 0.25) is 0 Å².